The summed E-state index contributed by atoms with van der Waals surface area (Å²) in [6, 6.07) is 15.6. The van der Waals surface area contributed by atoms with E-state index < -0.39 is 0 Å². The second kappa shape index (κ2) is 6.90. The van der Waals surface area contributed by atoms with Crippen molar-refractivity contribution in [1.29, 1.82) is 0 Å². The molecule has 4 rings (SSSR count). The van der Waals surface area contributed by atoms with Crippen LogP contribution in [0, 0.1) is 0 Å². The Kier molecular flexibility index (Phi) is 4.30. The van der Waals surface area contributed by atoms with E-state index in [0.717, 1.165) is 43.3 Å². The monoisotopic (exact) mass is 336 g/mol. The van der Waals surface area contributed by atoms with Gasteiger partial charge in [0.2, 0.25) is 5.91 Å². The maximum atomic E-state index is 12.2. The molecule has 25 heavy (non-hydrogen) atoms. The maximum absolute atomic E-state index is 12.2. The third-order valence-corrected chi connectivity index (χ3v) is 4.43. The Morgan fingerprint density at radius 3 is 2.60 bits per heavy atom. The molecule has 128 valence electrons. The maximum Gasteiger partial charge on any atom is 0.238 e. The first-order valence-electron chi connectivity index (χ1n) is 8.40. The Morgan fingerprint density at radius 1 is 1.00 bits per heavy atom. The van der Waals surface area contributed by atoms with Gasteiger partial charge in [-0.1, -0.05) is 24.3 Å². The largest absolute Gasteiger partial charge is 0.355 e. The molecule has 0 atom stereocenters. The minimum Gasteiger partial charge on any atom is -0.355 e. The van der Waals surface area contributed by atoms with E-state index in [1.54, 1.807) is 6.33 Å². The average molecular weight is 336 g/mol. The molecule has 0 unspecified atom stereocenters. The third-order valence-electron chi connectivity index (χ3n) is 4.43. The van der Waals surface area contributed by atoms with Crippen LogP contribution in [0.4, 0.5) is 11.5 Å². The summed E-state index contributed by atoms with van der Waals surface area (Å²) in [5.41, 5.74) is 1.69. The van der Waals surface area contributed by atoms with Gasteiger partial charge in [-0.3, -0.25) is 14.1 Å². The second-order valence-electron chi connectivity index (χ2n) is 6.12. The van der Waals surface area contributed by atoms with Crippen LogP contribution < -0.4 is 10.2 Å². The van der Waals surface area contributed by atoms with E-state index >= 15 is 0 Å². The summed E-state index contributed by atoms with van der Waals surface area (Å²) >= 11 is 0. The highest BCUT2D eigenvalue weighted by Gasteiger charge is 2.20. The first kappa shape index (κ1) is 15.6. The molecule has 1 aromatic carbocycles. The molecule has 0 spiro atoms. The highest BCUT2D eigenvalue weighted by atomic mass is 16.2. The van der Waals surface area contributed by atoms with Crippen molar-refractivity contribution in [3.05, 3.63) is 54.9 Å². The first-order chi connectivity index (χ1) is 12.3. The predicted octanol–water partition coefficient (Wildman–Crippen LogP) is 1.49. The van der Waals surface area contributed by atoms with E-state index in [2.05, 4.69) is 31.4 Å². The zero-order valence-corrected chi connectivity index (χ0v) is 13.9. The summed E-state index contributed by atoms with van der Waals surface area (Å²) in [4.78, 5) is 16.7. The van der Waals surface area contributed by atoms with Crippen molar-refractivity contribution in [2.75, 3.05) is 42.9 Å². The Morgan fingerprint density at radius 2 is 1.80 bits per heavy atom. The molecule has 3 aromatic rings. The second-order valence-corrected chi connectivity index (χ2v) is 6.12. The number of amides is 1. The van der Waals surface area contributed by atoms with E-state index in [4.69, 9.17) is 0 Å². The number of nitrogens with one attached hydrogen (secondary N) is 1. The van der Waals surface area contributed by atoms with Crippen molar-refractivity contribution in [2.45, 2.75) is 0 Å². The average Bonchev–Trinajstić information content (AvgIpc) is 3.12. The number of hydrogen-bond donors (Lipinski definition) is 1. The van der Waals surface area contributed by atoms with Crippen LogP contribution >= 0.6 is 0 Å². The molecule has 0 aliphatic carbocycles. The van der Waals surface area contributed by atoms with Gasteiger partial charge in [0.05, 0.1) is 6.54 Å². The molecule has 1 aliphatic rings. The fraction of sp³-hybridized carbons (Fsp3) is 0.278. The number of hydrogen-bond acceptors (Lipinski definition) is 5. The van der Waals surface area contributed by atoms with Gasteiger partial charge in [0.15, 0.2) is 5.65 Å². The number of nitrogens with zero attached hydrogens (tertiary/aromatic N) is 5. The van der Waals surface area contributed by atoms with Crippen molar-refractivity contribution < 1.29 is 4.79 Å². The van der Waals surface area contributed by atoms with Crippen molar-refractivity contribution in [2.24, 2.45) is 0 Å². The highest BCUT2D eigenvalue weighted by Crippen LogP contribution is 2.17. The number of pyridine rings is 1. The van der Waals surface area contributed by atoms with Crippen molar-refractivity contribution >= 4 is 23.1 Å². The Hall–Kier alpha value is -2.93. The van der Waals surface area contributed by atoms with Gasteiger partial charge in [0.1, 0.15) is 12.1 Å². The molecular formula is C18H20N6O. The molecule has 1 aliphatic heterocycles. The number of piperazine rings is 1. The van der Waals surface area contributed by atoms with Crippen molar-refractivity contribution in [3.63, 3.8) is 0 Å². The summed E-state index contributed by atoms with van der Waals surface area (Å²) in [5.74, 6) is 1.12. The SMILES string of the molecule is O=C(CN1CCN(c2cccc3nncn23)CC1)Nc1ccccc1. The van der Waals surface area contributed by atoms with Gasteiger partial charge in [0, 0.05) is 31.9 Å². The minimum atomic E-state index is 0.0283. The molecule has 3 heterocycles. The molecule has 0 radical (unpaired) electrons. The van der Waals surface area contributed by atoms with Crippen LogP contribution in [0.2, 0.25) is 0 Å². The standard InChI is InChI=1S/C18H20N6O/c25-17(20-15-5-2-1-3-6-15)13-22-9-11-23(12-10-22)18-8-4-7-16-21-19-14-24(16)18/h1-8,14H,9-13H2,(H,20,25). The number of para-hydroxylation sites is 1. The summed E-state index contributed by atoms with van der Waals surface area (Å²) in [7, 11) is 0. The zero-order valence-electron chi connectivity index (χ0n) is 13.9. The van der Waals surface area contributed by atoms with E-state index in [9.17, 15) is 4.79 Å². The molecule has 0 bridgehead atoms. The molecule has 2 aromatic heterocycles. The Bertz CT molecular complexity index is 854. The van der Waals surface area contributed by atoms with E-state index in [-0.39, 0.29) is 5.91 Å². The van der Waals surface area contributed by atoms with Crippen LogP contribution in [0.3, 0.4) is 0 Å². The van der Waals surface area contributed by atoms with E-state index in [1.165, 1.54) is 0 Å². The van der Waals surface area contributed by atoms with Gasteiger partial charge in [-0.2, -0.15) is 0 Å². The van der Waals surface area contributed by atoms with E-state index in [0.29, 0.717) is 6.54 Å². The van der Waals surface area contributed by atoms with Crippen molar-refractivity contribution in [1.82, 2.24) is 19.5 Å². The number of carbonyl (C=O) groups excluding carboxylic acids is 1. The normalized spacial score (nSPS) is 15.4. The molecule has 7 heteroatoms. The molecule has 0 saturated carbocycles. The van der Waals surface area contributed by atoms with E-state index in [1.807, 2.05) is 46.9 Å². The van der Waals surface area contributed by atoms with Gasteiger partial charge < -0.3 is 10.2 Å². The first-order valence-corrected chi connectivity index (χ1v) is 8.40. The minimum absolute atomic E-state index is 0.0283. The van der Waals surface area contributed by atoms with Gasteiger partial charge in [0.25, 0.3) is 0 Å². The Labute approximate surface area is 145 Å². The van der Waals surface area contributed by atoms with Gasteiger partial charge >= 0.3 is 0 Å². The number of aromatic nitrogens is 3. The number of benzene rings is 1. The lowest BCUT2D eigenvalue weighted by atomic mass is 10.3. The van der Waals surface area contributed by atoms with Gasteiger partial charge in [-0.25, -0.2) is 0 Å². The third kappa shape index (κ3) is 3.46. The number of rotatable bonds is 4. The lowest BCUT2D eigenvalue weighted by Crippen LogP contribution is -2.49. The van der Waals surface area contributed by atoms with Gasteiger partial charge in [-0.05, 0) is 24.3 Å². The summed E-state index contributed by atoms with van der Waals surface area (Å²) in [6.45, 7) is 3.85. The smallest absolute Gasteiger partial charge is 0.238 e. The van der Waals surface area contributed by atoms with Crippen LogP contribution in [0.1, 0.15) is 0 Å². The summed E-state index contributed by atoms with van der Waals surface area (Å²) in [5, 5.41) is 11.0. The molecular weight excluding hydrogens is 316 g/mol. The topological polar surface area (TPSA) is 65.8 Å². The Balaban J connectivity index is 1.34. The van der Waals surface area contributed by atoms with Crippen LogP contribution in [0.5, 0.6) is 0 Å². The molecule has 1 fully saturated rings. The van der Waals surface area contributed by atoms with Crippen LogP contribution in [-0.2, 0) is 4.79 Å². The number of anilines is 2. The molecule has 1 N–H and O–H groups in total. The molecule has 7 nitrogen and oxygen atoms in total. The summed E-state index contributed by atoms with van der Waals surface area (Å²) in [6.07, 6.45) is 1.74. The van der Waals surface area contributed by atoms with Crippen LogP contribution in [0.15, 0.2) is 54.9 Å². The van der Waals surface area contributed by atoms with Crippen LogP contribution in [0.25, 0.3) is 5.65 Å². The number of fused-ring (bicyclic) bond motifs is 1. The van der Waals surface area contributed by atoms with Gasteiger partial charge in [-0.15, -0.1) is 10.2 Å². The quantitative estimate of drug-likeness (QED) is 0.782. The lowest BCUT2D eigenvalue weighted by Gasteiger charge is -2.35. The molecule has 1 saturated heterocycles. The van der Waals surface area contributed by atoms with Crippen LogP contribution in [-0.4, -0.2) is 58.1 Å². The molecule has 1 amide bonds. The predicted molar refractivity (Wildman–Crippen MR) is 96.7 cm³/mol. The number of carbonyl (C=O) groups is 1. The summed E-state index contributed by atoms with van der Waals surface area (Å²) < 4.78 is 2.00. The lowest BCUT2D eigenvalue weighted by molar-refractivity contribution is -0.117. The van der Waals surface area contributed by atoms with Crippen molar-refractivity contribution in [3.8, 4) is 0 Å². The highest BCUT2D eigenvalue weighted by molar-refractivity contribution is 5.92. The zero-order chi connectivity index (χ0) is 17.1. The fourth-order valence-corrected chi connectivity index (χ4v) is 3.15. The fourth-order valence-electron chi connectivity index (χ4n) is 3.15.